The number of carbonyl (C=O) groups excluding carboxylic acids is 1. The molecule has 0 radical (unpaired) electrons. The van der Waals surface area contributed by atoms with Crippen LogP contribution in [-0.2, 0) is 19.0 Å². The molecule has 0 fully saturated rings. The van der Waals surface area contributed by atoms with Crippen molar-refractivity contribution >= 4 is 23.4 Å². The largest absolute Gasteiger partial charge is 0.486 e. The maximum Gasteiger partial charge on any atom is 0.303 e. The molecule has 0 bridgehead atoms. The van der Waals surface area contributed by atoms with Crippen LogP contribution < -0.4 is 4.74 Å². The summed E-state index contributed by atoms with van der Waals surface area (Å²) in [7, 11) is 0. The minimum Gasteiger partial charge on any atom is -0.486 e. The van der Waals surface area contributed by atoms with E-state index in [4.69, 9.17) is 18.9 Å². The lowest BCUT2D eigenvalue weighted by Crippen LogP contribution is -2.34. The van der Waals surface area contributed by atoms with Gasteiger partial charge in [-0.1, -0.05) is 30.0 Å². The molecule has 3 rings (SSSR count). The maximum atomic E-state index is 11.7. The minimum atomic E-state index is -0.579. The van der Waals surface area contributed by atoms with Crippen molar-refractivity contribution < 1.29 is 28.7 Å². The summed E-state index contributed by atoms with van der Waals surface area (Å²) >= 11 is 1.44. The third-order valence-electron chi connectivity index (χ3n) is 4.30. The van der Waals surface area contributed by atoms with Gasteiger partial charge < -0.3 is 18.9 Å². The fraction of sp³-hybridized carbons (Fsp3) is 0.318. The van der Waals surface area contributed by atoms with Gasteiger partial charge in [0.25, 0.3) is 5.69 Å². The Balaban J connectivity index is 1.87. The number of ether oxygens (including phenoxy) is 4. The van der Waals surface area contributed by atoms with Crippen molar-refractivity contribution in [2.24, 2.45) is 0 Å². The van der Waals surface area contributed by atoms with E-state index in [1.165, 1.54) is 43.0 Å². The van der Waals surface area contributed by atoms with Crippen LogP contribution in [0.25, 0.3) is 0 Å². The summed E-state index contributed by atoms with van der Waals surface area (Å²) in [6.45, 7) is 3.71. The first-order chi connectivity index (χ1) is 15.0. The first-order valence-electron chi connectivity index (χ1n) is 9.75. The highest BCUT2D eigenvalue weighted by Gasteiger charge is 2.34. The second kappa shape index (κ2) is 10.8. The summed E-state index contributed by atoms with van der Waals surface area (Å²) in [5.74, 6) is 0.542. The van der Waals surface area contributed by atoms with Gasteiger partial charge in [0.1, 0.15) is 18.5 Å². The van der Waals surface area contributed by atoms with Gasteiger partial charge in [0.2, 0.25) is 6.29 Å². The van der Waals surface area contributed by atoms with E-state index < -0.39 is 23.3 Å². The second-order valence-electron chi connectivity index (χ2n) is 6.58. The summed E-state index contributed by atoms with van der Waals surface area (Å²) in [5.41, 5.74) is -0.0212. The van der Waals surface area contributed by atoms with Gasteiger partial charge in [-0.15, -0.1) is 0 Å². The zero-order valence-corrected chi connectivity index (χ0v) is 18.0. The Morgan fingerprint density at radius 2 is 1.90 bits per heavy atom. The monoisotopic (exact) mass is 445 g/mol. The van der Waals surface area contributed by atoms with Gasteiger partial charge in [-0.2, -0.15) is 0 Å². The number of nitro groups is 1. The van der Waals surface area contributed by atoms with Crippen LogP contribution >= 0.6 is 11.8 Å². The lowest BCUT2D eigenvalue weighted by atomic mass is 10.1. The summed E-state index contributed by atoms with van der Waals surface area (Å²) in [6, 6.07) is 15.4. The number of benzene rings is 2. The highest BCUT2D eigenvalue weighted by molar-refractivity contribution is 8.03. The summed E-state index contributed by atoms with van der Waals surface area (Å²) in [6.07, 6.45) is -0.753. The molecule has 2 aromatic rings. The summed E-state index contributed by atoms with van der Waals surface area (Å²) in [5, 5.41) is 10.8. The number of rotatable bonds is 9. The lowest BCUT2D eigenvalue weighted by Gasteiger charge is -2.33. The molecule has 2 atom stereocenters. The third-order valence-corrected chi connectivity index (χ3v) is 5.52. The Morgan fingerprint density at radius 3 is 2.52 bits per heavy atom. The van der Waals surface area contributed by atoms with Gasteiger partial charge in [0.05, 0.1) is 16.2 Å². The maximum absolute atomic E-state index is 11.7. The normalized spacial score (nSPS) is 18.3. The van der Waals surface area contributed by atoms with Crippen LogP contribution in [0.5, 0.6) is 5.75 Å². The molecule has 9 heteroatoms. The van der Waals surface area contributed by atoms with Crippen LogP contribution in [0.4, 0.5) is 5.69 Å². The molecule has 1 aliphatic rings. The summed E-state index contributed by atoms with van der Waals surface area (Å²) < 4.78 is 23.0. The quantitative estimate of drug-likeness (QED) is 0.311. The van der Waals surface area contributed by atoms with Crippen LogP contribution in [0.15, 0.2) is 70.2 Å². The molecule has 0 saturated heterocycles. The van der Waals surface area contributed by atoms with Crippen molar-refractivity contribution in [3.05, 3.63) is 75.4 Å². The molecule has 164 valence electrons. The second-order valence-corrected chi connectivity index (χ2v) is 7.69. The van der Waals surface area contributed by atoms with Gasteiger partial charge in [-0.05, 0) is 31.2 Å². The predicted octanol–water partition coefficient (Wildman–Crippen LogP) is 4.69. The highest BCUT2D eigenvalue weighted by Crippen LogP contribution is 2.39. The average Bonchev–Trinajstić information content (AvgIpc) is 2.75. The van der Waals surface area contributed by atoms with E-state index in [2.05, 4.69) is 0 Å². The Morgan fingerprint density at radius 1 is 1.19 bits per heavy atom. The third kappa shape index (κ3) is 6.47. The number of nitrogens with zero attached hydrogens (tertiary/aromatic N) is 1. The first-order valence-corrected chi connectivity index (χ1v) is 10.6. The van der Waals surface area contributed by atoms with Gasteiger partial charge in [0, 0.05) is 30.6 Å². The molecule has 0 N–H and O–H groups in total. The van der Waals surface area contributed by atoms with E-state index >= 15 is 0 Å². The number of hydrogen-bond acceptors (Lipinski definition) is 8. The smallest absolute Gasteiger partial charge is 0.303 e. The van der Waals surface area contributed by atoms with Crippen LogP contribution in [0.2, 0.25) is 0 Å². The zero-order chi connectivity index (χ0) is 22.2. The predicted molar refractivity (Wildman–Crippen MR) is 115 cm³/mol. The SMILES string of the molecule is CCO[C@H]1C[C@@H](OC(C)=O)C(Sc2ccccc2)=C(COc2ccc([N+](=O)[O-])cc2)O1. The van der Waals surface area contributed by atoms with Crippen molar-refractivity contribution in [3.8, 4) is 5.75 Å². The number of nitro benzene ring substituents is 1. The number of thioether (sulfide) groups is 1. The molecule has 0 amide bonds. The Kier molecular flexibility index (Phi) is 7.91. The molecule has 8 nitrogen and oxygen atoms in total. The Bertz CT molecular complexity index is 931. The van der Waals surface area contributed by atoms with Crippen LogP contribution in [0.1, 0.15) is 20.3 Å². The van der Waals surface area contributed by atoms with E-state index in [1.807, 2.05) is 37.3 Å². The van der Waals surface area contributed by atoms with Crippen molar-refractivity contribution in [1.82, 2.24) is 0 Å². The van der Waals surface area contributed by atoms with Crippen molar-refractivity contribution in [1.29, 1.82) is 0 Å². The Hall–Kier alpha value is -3.04. The van der Waals surface area contributed by atoms with E-state index in [9.17, 15) is 14.9 Å². The fourth-order valence-corrected chi connectivity index (χ4v) is 4.02. The molecule has 0 aromatic heterocycles. The van der Waals surface area contributed by atoms with Gasteiger partial charge >= 0.3 is 5.97 Å². The first kappa shape index (κ1) is 22.6. The molecule has 1 heterocycles. The van der Waals surface area contributed by atoms with Crippen molar-refractivity contribution in [2.75, 3.05) is 13.2 Å². The van der Waals surface area contributed by atoms with Gasteiger partial charge in [-0.25, -0.2) is 0 Å². The van der Waals surface area contributed by atoms with E-state index in [1.54, 1.807) is 0 Å². The van der Waals surface area contributed by atoms with E-state index in [-0.39, 0.29) is 12.3 Å². The average molecular weight is 445 g/mol. The molecule has 1 aliphatic heterocycles. The van der Waals surface area contributed by atoms with Crippen LogP contribution in [0.3, 0.4) is 0 Å². The zero-order valence-electron chi connectivity index (χ0n) is 17.2. The molecule has 0 saturated carbocycles. The number of carbonyl (C=O) groups is 1. The molecule has 0 aliphatic carbocycles. The van der Waals surface area contributed by atoms with Crippen molar-refractivity contribution in [2.45, 2.75) is 37.6 Å². The van der Waals surface area contributed by atoms with E-state index in [0.29, 0.717) is 24.5 Å². The fourth-order valence-electron chi connectivity index (χ4n) is 2.97. The van der Waals surface area contributed by atoms with Crippen LogP contribution in [-0.4, -0.2) is 36.5 Å². The summed E-state index contributed by atoms with van der Waals surface area (Å²) in [4.78, 5) is 23.8. The molecule has 0 unspecified atom stereocenters. The Labute approximate surface area is 184 Å². The number of hydrogen-bond donors (Lipinski definition) is 0. The van der Waals surface area contributed by atoms with E-state index in [0.717, 1.165) is 9.80 Å². The van der Waals surface area contributed by atoms with Crippen molar-refractivity contribution in [3.63, 3.8) is 0 Å². The van der Waals surface area contributed by atoms with Gasteiger partial charge in [0.15, 0.2) is 5.76 Å². The standard InChI is InChI=1S/C22H23NO7S/c1-3-27-21-13-19(29-15(2)24)22(31-18-7-5-4-6-8-18)20(30-21)14-28-17-11-9-16(10-12-17)23(25)26/h4-12,19,21H,3,13-14H2,1-2H3/t19-,21-/m1/s1. The minimum absolute atomic E-state index is 0.0212. The lowest BCUT2D eigenvalue weighted by molar-refractivity contribution is -0.384. The molecule has 2 aromatic carbocycles. The van der Waals surface area contributed by atoms with Crippen LogP contribution in [0, 0.1) is 10.1 Å². The topological polar surface area (TPSA) is 97.1 Å². The van der Waals surface area contributed by atoms with Gasteiger partial charge in [-0.3, -0.25) is 14.9 Å². The molecule has 0 spiro atoms. The highest BCUT2D eigenvalue weighted by atomic mass is 32.2. The number of non-ortho nitro benzene ring substituents is 1. The molecule has 31 heavy (non-hydrogen) atoms. The molecular formula is C22H23NO7S. The molecular weight excluding hydrogens is 422 g/mol. The number of esters is 1.